The van der Waals surface area contributed by atoms with E-state index in [1.165, 1.54) is 18.5 Å². The lowest BCUT2D eigenvalue weighted by molar-refractivity contribution is -0.125. The molecule has 1 fully saturated rings. The first-order valence-corrected chi connectivity index (χ1v) is 12.5. The Labute approximate surface area is 218 Å². The SMILES string of the molecule is C=CC(=O)N1CC[C@H](N2CCn3c(c(-c4ccc(Oc5nccc(C)n5)c(F)c4)c4c(N)ncnc43)C2)C1. The fourth-order valence-electron chi connectivity index (χ4n) is 5.45. The largest absolute Gasteiger partial charge is 0.421 e. The highest BCUT2D eigenvalue weighted by atomic mass is 19.1. The van der Waals surface area contributed by atoms with Crippen molar-refractivity contribution in [3.63, 3.8) is 0 Å². The summed E-state index contributed by atoms with van der Waals surface area (Å²) in [5.41, 5.74) is 10.2. The molecule has 0 unspecified atom stereocenters. The van der Waals surface area contributed by atoms with Gasteiger partial charge in [-0.1, -0.05) is 12.6 Å². The second-order valence-corrected chi connectivity index (χ2v) is 9.56. The molecule has 0 spiro atoms. The number of nitrogen functional groups attached to an aromatic ring is 1. The number of amides is 1. The molecule has 4 aromatic rings. The Bertz CT molecular complexity index is 1570. The minimum atomic E-state index is -0.543. The maximum Gasteiger partial charge on any atom is 0.322 e. The van der Waals surface area contributed by atoms with Gasteiger partial charge in [0.05, 0.1) is 5.39 Å². The Morgan fingerprint density at radius 3 is 2.87 bits per heavy atom. The number of carbonyl (C=O) groups excluding carboxylic acids is 1. The molecule has 2 N–H and O–H groups in total. The molecule has 2 aliphatic rings. The highest BCUT2D eigenvalue weighted by molar-refractivity contribution is 6.02. The lowest BCUT2D eigenvalue weighted by Gasteiger charge is -2.34. The Morgan fingerprint density at radius 1 is 1.21 bits per heavy atom. The Balaban J connectivity index is 1.37. The van der Waals surface area contributed by atoms with E-state index in [0.29, 0.717) is 42.9 Å². The zero-order valence-electron chi connectivity index (χ0n) is 21.0. The van der Waals surface area contributed by atoms with Crippen molar-refractivity contribution in [3.8, 4) is 22.9 Å². The van der Waals surface area contributed by atoms with Gasteiger partial charge >= 0.3 is 6.01 Å². The maximum absolute atomic E-state index is 15.3. The number of nitrogens with two attached hydrogens (primary N) is 1. The molecule has 1 saturated heterocycles. The van der Waals surface area contributed by atoms with Crippen molar-refractivity contribution >= 4 is 22.8 Å². The summed E-state index contributed by atoms with van der Waals surface area (Å²) in [6.45, 7) is 8.90. The summed E-state index contributed by atoms with van der Waals surface area (Å²) in [5, 5.41) is 0.703. The summed E-state index contributed by atoms with van der Waals surface area (Å²) in [7, 11) is 0. The molecule has 5 heterocycles. The third-order valence-electron chi connectivity index (χ3n) is 7.30. The van der Waals surface area contributed by atoms with Crippen LogP contribution in [0.5, 0.6) is 11.8 Å². The van der Waals surface area contributed by atoms with E-state index in [4.69, 9.17) is 10.5 Å². The third-order valence-corrected chi connectivity index (χ3v) is 7.30. The van der Waals surface area contributed by atoms with E-state index in [2.05, 4.69) is 36.0 Å². The van der Waals surface area contributed by atoms with Crippen LogP contribution in [0.4, 0.5) is 10.2 Å². The predicted molar refractivity (Wildman–Crippen MR) is 140 cm³/mol. The number of likely N-dealkylation sites (tertiary alicyclic amines) is 1. The second-order valence-electron chi connectivity index (χ2n) is 9.56. The van der Waals surface area contributed by atoms with Gasteiger partial charge in [-0.2, -0.15) is 0 Å². The van der Waals surface area contributed by atoms with Crippen molar-refractivity contribution in [2.45, 2.75) is 32.5 Å². The molecule has 38 heavy (non-hydrogen) atoms. The third kappa shape index (κ3) is 4.14. The van der Waals surface area contributed by atoms with Crippen LogP contribution >= 0.6 is 0 Å². The Morgan fingerprint density at radius 2 is 2.08 bits per heavy atom. The standard InChI is InChI=1S/C27H27FN8O2/c1-3-22(37)35-9-7-18(13-35)34-10-11-36-20(14-34)23(24-25(29)31-15-32-26(24)36)17-4-5-21(19(28)12-17)38-27-30-8-6-16(2)33-27/h3-6,8,12,15,18H,1,7,9-11,13-14H2,2H3,(H2,29,31,32)/t18-/m0/s1. The molecule has 0 aliphatic carbocycles. The first-order chi connectivity index (χ1) is 18.4. The number of fused-ring (bicyclic) bond motifs is 3. The molecular weight excluding hydrogens is 487 g/mol. The summed E-state index contributed by atoms with van der Waals surface area (Å²) in [6.07, 6.45) is 5.27. The van der Waals surface area contributed by atoms with Crippen molar-refractivity contribution in [2.75, 3.05) is 25.4 Å². The molecule has 0 radical (unpaired) electrons. The van der Waals surface area contributed by atoms with E-state index < -0.39 is 5.82 Å². The van der Waals surface area contributed by atoms with E-state index >= 15 is 4.39 Å². The number of halogens is 1. The average Bonchev–Trinajstić information content (AvgIpc) is 3.53. The van der Waals surface area contributed by atoms with Crippen molar-refractivity contribution in [1.82, 2.24) is 34.3 Å². The average molecular weight is 515 g/mol. The number of hydrogen-bond donors (Lipinski definition) is 1. The van der Waals surface area contributed by atoms with Crippen molar-refractivity contribution in [3.05, 3.63) is 66.6 Å². The number of hydrogen-bond acceptors (Lipinski definition) is 8. The molecule has 3 aromatic heterocycles. The van der Waals surface area contributed by atoms with Crippen LogP contribution < -0.4 is 10.5 Å². The second kappa shape index (κ2) is 9.49. The lowest BCUT2D eigenvalue weighted by atomic mass is 10.0. The molecular formula is C27H27FN8O2. The van der Waals surface area contributed by atoms with Crippen molar-refractivity contribution < 1.29 is 13.9 Å². The van der Waals surface area contributed by atoms with Crippen LogP contribution in [0.1, 0.15) is 17.8 Å². The minimum absolute atomic E-state index is 0.0283. The van der Waals surface area contributed by atoms with Gasteiger partial charge in [0.1, 0.15) is 17.8 Å². The monoisotopic (exact) mass is 514 g/mol. The van der Waals surface area contributed by atoms with Crippen LogP contribution in [0.15, 0.2) is 49.4 Å². The molecule has 0 saturated carbocycles. The number of carbonyl (C=O) groups is 1. The topological polar surface area (TPSA) is 115 Å². The van der Waals surface area contributed by atoms with Gasteiger partial charge in [0.15, 0.2) is 11.6 Å². The fourth-order valence-corrected chi connectivity index (χ4v) is 5.45. The lowest BCUT2D eigenvalue weighted by Crippen LogP contribution is -2.43. The number of benzene rings is 1. The van der Waals surface area contributed by atoms with Gasteiger partial charge in [-0.15, -0.1) is 0 Å². The Hall–Kier alpha value is -4.38. The van der Waals surface area contributed by atoms with E-state index in [9.17, 15) is 4.79 Å². The molecule has 11 heteroatoms. The quantitative estimate of drug-likeness (QED) is 0.404. The van der Waals surface area contributed by atoms with Crippen LogP contribution in [0, 0.1) is 12.7 Å². The van der Waals surface area contributed by atoms with Crippen LogP contribution in [-0.2, 0) is 17.9 Å². The summed E-state index contributed by atoms with van der Waals surface area (Å²) in [6, 6.07) is 6.86. The summed E-state index contributed by atoms with van der Waals surface area (Å²) in [4.78, 5) is 33.3. The van der Waals surface area contributed by atoms with Gasteiger partial charge in [0.2, 0.25) is 5.91 Å². The van der Waals surface area contributed by atoms with E-state index in [-0.39, 0.29) is 23.7 Å². The van der Waals surface area contributed by atoms with E-state index in [1.54, 1.807) is 24.4 Å². The maximum atomic E-state index is 15.3. The first-order valence-electron chi connectivity index (χ1n) is 12.5. The molecule has 10 nitrogen and oxygen atoms in total. The molecule has 194 valence electrons. The van der Waals surface area contributed by atoms with Crippen molar-refractivity contribution in [1.29, 1.82) is 0 Å². The smallest absolute Gasteiger partial charge is 0.322 e. The molecule has 1 amide bonds. The van der Waals surface area contributed by atoms with Crippen LogP contribution in [0.2, 0.25) is 0 Å². The number of ether oxygens (including phenoxy) is 1. The molecule has 0 bridgehead atoms. The number of aryl methyl sites for hydroxylation is 1. The number of rotatable bonds is 5. The fraction of sp³-hybridized carbons (Fsp3) is 0.296. The first kappa shape index (κ1) is 24.0. The van der Waals surface area contributed by atoms with E-state index in [1.807, 2.05) is 11.8 Å². The normalized spacial score (nSPS) is 17.5. The van der Waals surface area contributed by atoms with Crippen LogP contribution in [-0.4, -0.2) is 65.9 Å². The summed E-state index contributed by atoms with van der Waals surface area (Å²) < 4.78 is 23.1. The zero-order valence-corrected chi connectivity index (χ0v) is 21.0. The van der Waals surface area contributed by atoms with Gasteiger partial charge in [-0.3, -0.25) is 9.69 Å². The van der Waals surface area contributed by atoms with Crippen molar-refractivity contribution in [2.24, 2.45) is 0 Å². The number of anilines is 1. The number of nitrogens with zero attached hydrogens (tertiary/aromatic N) is 7. The molecule has 1 aromatic carbocycles. The predicted octanol–water partition coefficient (Wildman–Crippen LogP) is 3.31. The van der Waals surface area contributed by atoms with Gasteiger partial charge in [-0.25, -0.2) is 24.3 Å². The highest BCUT2D eigenvalue weighted by Gasteiger charge is 2.34. The molecule has 1 atom stereocenters. The minimum Gasteiger partial charge on any atom is -0.421 e. The van der Waals surface area contributed by atoms with Gasteiger partial charge in [0.25, 0.3) is 0 Å². The van der Waals surface area contributed by atoms with E-state index in [0.717, 1.165) is 35.6 Å². The highest BCUT2D eigenvalue weighted by Crippen LogP contribution is 2.40. The number of aromatic nitrogens is 5. The Kier molecular flexibility index (Phi) is 5.99. The van der Waals surface area contributed by atoms with Crippen LogP contribution in [0.25, 0.3) is 22.2 Å². The molecule has 2 aliphatic heterocycles. The van der Waals surface area contributed by atoms with Gasteiger partial charge in [-0.05, 0) is 43.2 Å². The van der Waals surface area contributed by atoms with Gasteiger partial charge in [0, 0.05) is 61.9 Å². The zero-order chi connectivity index (χ0) is 26.4. The van der Waals surface area contributed by atoms with Crippen LogP contribution in [0.3, 0.4) is 0 Å². The van der Waals surface area contributed by atoms with Gasteiger partial charge < -0.3 is 19.9 Å². The summed E-state index contributed by atoms with van der Waals surface area (Å²) >= 11 is 0. The summed E-state index contributed by atoms with van der Waals surface area (Å²) in [5.74, 6) is -0.217. The molecule has 6 rings (SSSR count).